The molecule has 0 aliphatic carbocycles. The van der Waals surface area contributed by atoms with Crippen LogP contribution in [0.2, 0.25) is 5.02 Å². The Hall–Kier alpha value is -0.860. The van der Waals surface area contributed by atoms with E-state index in [0.29, 0.717) is 18.1 Å². The summed E-state index contributed by atoms with van der Waals surface area (Å²) in [5, 5.41) is 0.671. The molecule has 0 bridgehead atoms. The second-order valence-corrected chi connectivity index (χ2v) is 5.20. The zero-order chi connectivity index (χ0) is 12.3. The lowest BCUT2D eigenvalue weighted by molar-refractivity contribution is -0.147. The van der Waals surface area contributed by atoms with E-state index in [4.69, 9.17) is 16.3 Å². The molecular formula is C14H17ClO2. The minimum atomic E-state index is -0.597. The molecule has 92 valence electrons. The van der Waals surface area contributed by atoms with Gasteiger partial charge in [-0.15, -0.1) is 0 Å². The SMILES string of the molecule is CC1(C(=O)Cc2cccc(Cl)c2)CCCCO1. The van der Waals surface area contributed by atoms with Crippen molar-refractivity contribution >= 4 is 17.4 Å². The Morgan fingerprint density at radius 3 is 2.94 bits per heavy atom. The van der Waals surface area contributed by atoms with Crippen LogP contribution in [0.4, 0.5) is 0 Å². The van der Waals surface area contributed by atoms with Crippen molar-refractivity contribution < 1.29 is 9.53 Å². The van der Waals surface area contributed by atoms with E-state index >= 15 is 0 Å². The first kappa shape index (κ1) is 12.6. The number of halogens is 1. The number of hydrogen-bond acceptors (Lipinski definition) is 2. The maximum Gasteiger partial charge on any atom is 0.168 e. The van der Waals surface area contributed by atoms with Crippen molar-refractivity contribution in [1.82, 2.24) is 0 Å². The van der Waals surface area contributed by atoms with E-state index in [1.807, 2.05) is 31.2 Å². The second-order valence-electron chi connectivity index (χ2n) is 4.77. The Morgan fingerprint density at radius 2 is 2.29 bits per heavy atom. The van der Waals surface area contributed by atoms with Crippen molar-refractivity contribution in [3.63, 3.8) is 0 Å². The molecule has 1 saturated heterocycles. The Morgan fingerprint density at radius 1 is 1.47 bits per heavy atom. The van der Waals surface area contributed by atoms with Crippen LogP contribution in [0.25, 0.3) is 0 Å². The van der Waals surface area contributed by atoms with Crippen molar-refractivity contribution in [1.29, 1.82) is 0 Å². The second kappa shape index (κ2) is 5.19. The summed E-state index contributed by atoms with van der Waals surface area (Å²) in [5.74, 6) is 0.152. The minimum Gasteiger partial charge on any atom is -0.367 e. The number of ketones is 1. The van der Waals surface area contributed by atoms with Gasteiger partial charge in [0.25, 0.3) is 0 Å². The van der Waals surface area contributed by atoms with Gasteiger partial charge in [-0.25, -0.2) is 0 Å². The topological polar surface area (TPSA) is 26.3 Å². The van der Waals surface area contributed by atoms with Crippen molar-refractivity contribution in [2.75, 3.05) is 6.61 Å². The highest BCUT2D eigenvalue weighted by Gasteiger charge is 2.35. The smallest absolute Gasteiger partial charge is 0.168 e. The largest absolute Gasteiger partial charge is 0.367 e. The summed E-state index contributed by atoms with van der Waals surface area (Å²) < 4.78 is 5.65. The van der Waals surface area contributed by atoms with Crippen molar-refractivity contribution in [2.45, 2.75) is 38.2 Å². The number of ether oxygens (including phenoxy) is 1. The molecule has 2 rings (SSSR count). The maximum atomic E-state index is 12.2. The zero-order valence-electron chi connectivity index (χ0n) is 10.0. The molecule has 1 heterocycles. The third-order valence-electron chi connectivity index (χ3n) is 3.31. The maximum absolute atomic E-state index is 12.2. The molecule has 1 aromatic rings. The quantitative estimate of drug-likeness (QED) is 0.824. The molecule has 1 unspecified atom stereocenters. The van der Waals surface area contributed by atoms with Crippen LogP contribution >= 0.6 is 11.6 Å². The number of carbonyl (C=O) groups excluding carboxylic acids is 1. The molecule has 1 atom stereocenters. The number of hydrogen-bond donors (Lipinski definition) is 0. The number of rotatable bonds is 3. The highest BCUT2D eigenvalue weighted by Crippen LogP contribution is 2.27. The summed E-state index contributed by atoms with van der Waals surface area (Å²) in [6.45, 7) is 2.59. The van der Waals surface area contributed by atoms with Crippen molar-refractivity contribution in [3.05, 3.63) is 34.9 Å². The fraction of sp³-hybridized carbons (Fsp3) is 0.500. The van der Waals surface area contributed by atoms with Gasteiger partial charge in [0.05, 0.1) is 0 Å². The summed E-state index contributed by atoms with van der Waals surface area (Å²) in [6.07, 6.45) is 3.35. The molecule has 0 radical (unpaired) electrons. The lowest BCUT2D eigenvalue weighted by Gasteiger charge is -2.32. The summed E-state index contributed by atoms with van der Waals surface area (Å²) in [4.78, 5) is 12.2. The first-order valence-electron chi connectivity index (χ1n) is 6.02. The standard InChI is InChI=1S/C14H17ClO2/c1-14(7-2-3-8-17-14)13(16)10-11-5-4-6-12(15)9-11/h4-6,9H,2-3,7-8,10H2,1H3. The van der Waals surface area contributed by atoms with Gasteiger partial charge in [-0.05, 0) is 43.9 Å². The Balaban J connectivity index is 2.05. The van der Waals surface area contributed by atoms with Gasteiger partial charge in [-0.2, -0.15) is 0 Å². The van der Waals surface area contributed by atoms with Crippen molar-refractivity contribution in [3.8, 4) is 0 Å². The Kier molecular flexibility index (Phi) is 3.85. The van der Waals surface area contributed by atoms with Crippen LogP contribution in [0.15, 0.2) is 24.3 Å². The number of carbonyl (C=O) groups is 1. The van der Waals surface area contributed by atoms with Gasteiger partial charge in [0.15, 0.2) is 5.78 Å². The van der Waals surface area contributed by atoms with Crippen LogP contribution in [0, 0.1) is 0 Å². The van der Waals surface area contributed by atoms with E-state index in [-0.39, 0.29) is 5.78 Å². The molecule has 0 spiro atoms. The van der Waals surface area contributed by atoms with E-state index in [1.54, 1.807) is 0 Å². The summed E-state index contributed by atoms with van der Waals surface area (Å²) in [7, 11) is 0. The third kappa shape index (κ3) is 3.08. The summed E-state index contributed by atoms with van der Waals surface area (Å²) in [5.41, 5.74) is 0.360. The van der Waals surface area contributed by atoms with Gasteiger partial charge >= 0.3 is 0 Å². The highest BCUT2D eigenvalue weighted by molar-refractivity contribution is 6.30. The van der Waals surface area contributed by atoms with Gasteiger partial charge < -0.3 is 4.74 Å². The predicted octanol–water partition coefficient (Wildman–Crippen LogP) is 3.41. The van der Waals surface area contributed by atoms with Gasteiger partial charge in [-0.3, -0.25) is 4.79 Å². The van der Waals surface area contributed by atoms with E-state index < -0.39 is 5.60 Å². The molecule has 1 aliphatic heterocycles. The van der Waals surface area contributed by atoms with Crippen molar-refractivity contribution in [2.24, 2.45) is 0 Å². The highest BCUT2D eigenvalue weighted by atomic mass is 35.5. The zero-order valence-corrected chi connectivity index (χ0v) is 10.8. The molecule has 0 amide bonds. The van der Waals surface area contributed by atoms with Crippen LogP contribution in [-0.2, 0) is 16.0 Å². The summed E-state index contributed by atoms with van der Waals surface area (Å²) in [6, 6.07) is 7.45. The Bertz CT molecular complexity index is 408. The van der Waals surface area contributed by atoms with E-state index in [2.05, 4.69) is 0 Å². The third-order valence-corrected chi connectivity index (χ3v) is 3.55. The minimum absolute atomic E-state index is 0.152. The van der Waals surface area contributed by atoms with E-state index in [1.165, 1.54) is 0 Å². The van der Waals surface area contributed by atoms with Gasteiger partial charge in [0.2, 0.25) is 0 Å². The van der Waals surface area contributed by atoms with Gasteiger partial charge in [0, 0.05) is 18.1 Å². The normalized spacial score (nSPS) is 24.6. The number of benzene rings is 1. The van der Waals surface area contributed by atoms with E-state index in [0.717, 1.165) is 24.8 Å². The molecule has 0 N–H and O–H groups in total. The molecule has 1 aliphatic rings. The molecular weight excluding hydrogens is 236 g/mol. The summed E-state index contributed by atoms with van der Waals surface area (Å²) >= 11 is 5.91. The fourth-order valence-corrected chi connectivity index (χ4v) is 2.39. The average molecular weight is 253 g/mol. The first-order chi connectivity index (χ1) is 8.10. The lowest BCUT2D eigenvalue weighted by Crippen LogP contribution is -2.42. The lowest BCUT2D eigenvalue weighted by atomic mass is 9.88. The van der Waals surface area contributed by atoms with Gasteiger partial charge in [0.1, 0.15) is 5.60 Å². The van der Waals surface area contributed by atoms with Crippen LogP contribution in [0.5, 0.6) is 0 Å². The van der Waals surface area contributed by atoms with Crippen LogP contribution < -0.4 is 0 Å². The predicted molar refractivity (Wildman–Crippen MR) is 68.4 cm³/mol. The number of Topliss-reactive ketones (excluding diaryl/α,β-unsaturated/α-hetero) is 1. The molecule has 1 aromatic carbocycles. The van der Waals surface area contributed by atoms with Crippen LogP contribution in [-0.4, -0.2) is 18.0 Å². The van der Waals surface area contributed by atoms with Gasteiger partial charge in [-0.1, -0.05) is 23.7 Å². The molecule has 0 saturated carbocycles. The first-order valence-corrected chi connectivity index (χ1v) is 6.40. The molecule has 3 heteroatoms. The molecule has 0 aromatic heterocycles. The van der Waals surface area contributed by atoms with Crippen LogP contribution in [0.1, 0.15) is 31.7 Å². The Labute approximate surface area is 107 Å². The average Bonchev–Trinajstić information content (AvgIpc) is 2.30. The monoisotopic (exact) mass is 252 g/mol. The molecule has 17 heavy (non-hydrogen) atoms. The van der Waals surface area contributed by atoms with Crippen LogP contribution in [0.3, 0.4) is 0 Å². The molecule has 2 nitrogen and oxygen atoms in total. The molecule has 1 fully saturated rings. The fourth-order valence-electron chi connectivity index (χ4n) is 2.17. The van der Waals surface area contributed by atoms with E-state index in [9.17, 15) is 4.79 Å².